The molecule has 0 saturated carbocycles. The number of hydrogen-bond acceptors (Lipinski definition) is 8. The highest BCUT2D eigenvalue weighted by molar-refractivity contribution is 5.87. The highest BCUT2D eigenvalue weighted by Gasteiger charge is 2.50. The van der Waals surface area contributed by atoms with Crippen molar-refractivity contribution < 1.29 is 23.7 Å². The molecular weight excluding hydrogens is 546 g/mol. The Morgan fingerprint density at radius 3 is 1.95 bits per heavy atom. The van der Waals surface area contributed by atoms with Crippen LogP contribution in [0.4, 0.5) is 5.95 Å². The molecule has 3 aromatic carbocycles. The van der Waals surface area contributed by atoms with Crippen LogP contribution in [-0.2, 0) is 9.53 Å². The van der Waals surface area contributed by atoms with Gasteiger partial charge < -0.3 is 18.9 Å². The van der Waals surface area contributed by atoms with Crippen molar-refractivity contribution in [3.05, 3.63) is 102 Å². The van der Waals surface area contributed by atoms with Crippen molar-refractivity contribution >= 4 is 23.0 Å². The van der Waals surface area contributed by atoms with Crippen LogP contribution in [0.15, 0.2) is 85.3 Å². The molecule has 1 saturated heterocycles. The number of anilines is 1. The van der Waals surface area contributed by atoms with Gasteiger partial charge in [-0.2, -0.15) is 4.98 Å². The van der Waals surface area contributed by atoms with E-state index < -0.39 is 24.5 Å². The summed E-state index contributed by atoms with van der Waals surface area (Å²) in [5, 5.41) is 2.64. The second kappa shape index (κ2) is 12.1. The summed E-state index contributed by atoms with van der Waals surface area (Å²) in [5.41, 5.74) is 4.41. The number of aryl methyl sites for hydroxylation is 3. The van der Waals surface area contributed by atoms with E-state index in [0.717, 1.165) is 22.4 Å². The van der Waals surface area contributed by atoms with E-state index in [9.17, 15) is 4.79 Å². The van der Waals surface area contributed by atoms with E-state index in [0.29, 0.717) is 22.7 Å². The standard InChI is InChI=1S/C33H33N5O5/c1-20-5-11-24(12-6-20)40-18-28-29(41-25-13-7-21(2)8-14-25)30(42-26-15-9-22(3)10-16-26)32(43-28)38-19-35-27-17-34-33(36-23(4)39)37-31(27)38/h5-17,19,28-30,32H,18H2,1-4H3,(H,34,36,37,39)/t28-,29-,30-,32-/m1/s1. The minimum atomic E-state index is -0.701. The average molecular weight is 580 g/mol. The number of benzene rings is 3. The highest BCUT2D eigenvalue weighted by Crippen LogP contribution is 2.37. The highest BCUT2D eigenvalue weighted by atomic mass is 16.6. The summed E-state index contributed by atoms with van der Waals surface area (Å²) in [6, 6.07) is 23.6. The van der Waals surface area contributed by atoms with E-state index >= 15 is 0 Å². The van der Waals surface area contributed by atoms with Crippen molar-refractivity contribution in [1.82, 2.24) is 19.5 Å². The molecule has 1 amide bonds. The van der Waals surface area contributed by atoms with Crippen LogP contribution in [0.25, 0.3) is 11.2 Å². The van der Waals surface area contributed by atoms with Crippen molar-refractivity contribution in [2.45, 2.75) is 52.2 Å². The van der Waals surface area contributed by atoms with Gasteiger partial charge in [0.15, 0.2) is 24.1 Å². The van der Waals surface area contributed by atoms with Gasteiger partial charge in [-0.1, -0.05) is 53.1 Å². The topological polar surface area (TPSA) is 110 Å². The summed E-state index contributed by atoms with van der Waals surface area (Å²) in [6.45, 7) is 7.70. The van der Waals surface area contributed by atoms with Crippen LogP contribution < -0.4 is 19.5 Å². The first-order valence-corrected chi connectivity index (χ1v) is 14.1. The van der Waals surface area contributed by atoms with Crippen molar-refractivity contribution in [2.75, 3.05) is 11.9 Å². The third kappa shape index (κ3) is 6.44. The molecule has 5 aromatic rings. The van der Waals surface area contributed by atoms with Crippen LogP contribution in [0.2, 0.25) is 0 Å². The van der Waals surface area contributed by atoms with E-state index in [1.165, 1.54) is 6.92 Å². The lowest BCUT2D eigenvalue weighted by Crippen LogP contribution is -2.42. The van der Waals surface area contributed by atoms with Crippen LogP contribution in [0, 0.1) is 20.8 Å². The van der Waals surface area contributed by atoms with Gasteiger partial charge in [0.05, 0.1) is 12.5 Å². The predicted molar refractivity (Wildman–Crippen MR) is 161 cm³/mol. The number of fused-ring (bicyclic) bond motifs is 1. The van der Waals surface area contributed by atoms with Gasteiger partial charge in [-0.05, 0) is 57.2 Å². The second-order valence-corrected chi connectivity index (χ2v) is 10.7. The third-order valence-electron chi connectivity index (χ3n) is 7.18. The Morgan fingerprint density at radius 1 is 0.814 bits per heavy atom. The Hall–Kier alpha value is -4.96. The van der Waals surface area contributed by atoms with Gasteiger partial charge in [-0.3, -0.25) is 14.7 Å². The summed E-state index contributed by atoms with van der Waals surface area (Å²) in [6.07, 6.45) is 0.762. The minimum absolute atomic E-state index is 0.169. The molecule has 6 rings (SSSR count). The van der Waals surface area contributed by atoms with Crippen LogP contribution in [0.1, 0.15) is 29.8 Å². The van der Waals surface area contributed by atoms with Crippen LogP contribution in [0.5, 0.6) is 17.2 Å². The summed E-state index contributed by atoms with van der Waals surface area (Å²) < 4.78 is 28.0. The maximum atomic E-state index is 11.7. The summed E-state index contributed by atoms with van der Waals surface area (Å²) in [7, 11) is 0. The Kier molecular flexibility index (Phi) is 7.93. The van der Waals surface area contributed by atoms with E-state index in [2.05, 4.69) is 20.3 Å². The molecule has 4 atom stereocenters. The molecule has 2 aromatic heterocycles. The molecule has 1 fully saturated rings. The lowest BCUT2D eigenvalue weighted by Gasteiger charge is -2.26. The molecule has 0 aliphatic carbocycles. The molecule has 10 heteroatoms. The van der Waals surface area contributed by atoms with Crippen LogP contribution >= 0.6 is 0 Å². The van der Waals surface area contributed by atoms with E-state index in [4.69, 9.17) is 18.9 Å². The quantitative estimate of drug-likeness (QED) is 0.241. The fourth-order valence-electron chi connectivity index (χ4n) is 4.93. The Labute approximate surface area is 249 Å². The maximum Gasteiger partial charge on any atom is 0.231 e. The van der Waals surface area contributed by atoms with E-state index in [-0.39, 0.29) is 18.5 Å². The molecule has 0 unspecified atom stereocenters. The van der Waals surface area contributed by atoms with Crippen molar-refractivity contribution in [3.8, 4) is 17.2 Å². The molecule has 10 nitrogen and oxygen atoms in total. The van der Waals surface area contributed by atoms with Gasteiger partial charge in [-0.25, -0.2) is 9.97 Å². The number of ether oxygens (including phenoxy) is 4. The molecular formula is C33H33N5O5. The van der Waals surface area contributed by atoms with E-state index in [1.807, 2.05) is 93.6 Å². The van der Waals surface area contributed by atoms with Gasteiger partial charge in [0, 0.05) is 6.92 Å². The first-order valence-electron chi connectivity index (χ1n) is 14.1. The van der Waals surface area contributed by atoms with Crippen LogP contribution in [-0.4, -0.2) is 50.3 Å². The lowest BCUT2D eigenvalue weighted by molar-refractivity contribution is -0.114. The SMILES string of the molecule is CC(=O)Nc1ncc2ncn([C@@H]3O[C@H](COc4ccc(C)cc4)[C@@H](Oc4ccc(C)cc4)[C@H]3Oc3ccc(C)cc3)c2n1. The zero-order valence-electron chi connectivity index (χ0n) is 24.4. The fourth-order valence-corrected chi connectivity index (χ4v) is 4.93. The summed E-state index contributed by atoms with van der Waals surface area (Å²) in [5.74, 6) is 1.97. The molecule has 3 heterocycles. The Bertz CT molecular complexity index is 1700. The fraction of sp³-hybridized carbons (Fsp3) is 0.273. The molecule has 1 aliphatic heterocycles. The number of hydrogen-bond donors (Lipinski definition) is 1. The average Bonchev–Trinajstić information content (AvgIpc) is 3.55. The number of nitrogens with one attached hydrogen (secondary N) is 1. The Balaban J connectivity index is 1.39. The largest absolute Gasteiger partial charge is 0.491 e. The maximum absolute atomic E-state index is 11.7. The van der Waals surface area contributed by atoms with Gasteiger partial charge in [-0.15, -0.1) is 0 Å². The first kappa shape index (κ1) is 28.2. The molecule has 1 aliphatic rings. The number of rotatable bonds is 9. The third-order valence-corrected chi connectivity index (χ3v) is 7.18. The molecule has 1 N–H and O–H groups in total. The zero-order chi connectivity index (χ0) is 29.9. The molecule has 0 radical (unpaired) electrons. The molecule has 0 spiro atoms. The van der Waals surface area contributed by atoms with Gasteiger partial charge in [0.2, 0.25) is 11.9 Å². The molecule has 0 bridgehead atoms. The minimum Gasteiger partial charge on any atom is -0.491 e. The van der Waals surface area contributed by atoms with Gasteiger partial charge in [0.25, 0.3) is 0 Å². The van der Waals surface area contributed by atoms with Crippen molar-refractivity contribution in [3.63, 3.8) is 0 Å². The monoisotopic (exact) mass is 579 g/mol. The van der Waals surface area contributed by atoms with E-state index in [1.54, 1.807) is 17.1 Å². The smallest absolute Gasteiger partial charge is 0.231 e. The number of nitrogens with zero attached hydrogens (tertiary/aromatic N) is 4. The predicted octanol–water partition coefficient (Wildman–Crippen LogP) is 5.58. The van der Waals surface area contributed by atoms with Gasteiger partial charge >= 0.3 is 0 Å². The number of amides is 1. The normalized spacial score (nSPS) is 19.7. The van der Waals surface area contributed by atoms with Crippen molar-refractivity contribution in [1.29, 1.82) is 0 Å². The number of carbonyl (C=O) groups excluding carboxylic acids is 1. The number of aromatic nitrogens is 4. The molecule has 43 heavy (non-hydrogen) atoms. The van der Waals surface area contributed by atoms with Gasteiger partial charge in [0.1, 0.15) is 35.5 Å². The molecule has 220 valence electrons. The number of imidazole rings is 1. The second-order valence-electron chi connectivity index (χ2n) is 10.7. The Morgan fingerprint density at radius 2 is 1.37 bits per heavy atom. The lowest BCUT2D eigenvalue weighted by atomic mass is 10.1. The zero-order valence-corrected chi connectivity index (χ0v) is 24.4. The van der Waals surface area contributed by atoms with Crippen molar-refractivity contribution in [2.24, 2.45) is 0 Å². The first-order chi connectivity index (χ1) is 20.8. The van der Waals surface area contributed by atoms with Crippen LogP contribution in [0.3, 0.4) is 0 Å². The summed E-state index contributed by atoms with van der Waals surface area (Å²) in [4.78, 5) is 25.0. The summed E-state index contributed by atoms with van der Waals surface area (Å²) >= 11 is 0. The number of carbonyl (C=O) groups is 1.